The van der Waals surface area contributed by atoms with Crippen LogP contribution in [0.3, 0.4) is 0 Å². The van der Waals surface area contributed by atoms with E-state index in [1.54, 1.807) is 11.8 Å². The van der Waals surface area contributed by atoms with E-state index in [-0.39, 0.29) is 6.09 Å². The van der Waals surface area contributed by atoms with Crippen LogP contribution >= 0.6 is 11.8 Å². The fraction of sp³-hybridized carbons (Fsp3) is 0.846. The molecule has 1 rings (SSSR count). The van der Waals surface area contributed by atoms with Crippen LogP contribution in [0.2, 0.25) is 0 Å². The molecule has 1 saturated heterocycles. The van der Waals surface area contributed by atoms with Crippen molar-refractivity contribution in [2.45, 2.75) is 40.2 Å². The molecule has 0 N–H and O–H groups in total. The predicted octanol–water partition coefficient (Wildman–Crippen LogP) is 2.83. The molecule has 110 valence electrons. The molecule has 0 radical (unpaired) electrons. The van der Waals surface area contributed by atoms with E-state index in [0.717, 1.165) is 17.5 Å². The summed E-state index contributed by atoms with van der Waals surface area (Å²) in [5.41, 5.74) is -0.499. The molecule has 1 fully saturated rings. The zero-order valence-electron chi connectivity index (χ0n) is 12.8. The Morgan fingerprint density at radius 2 is 2.16 bits per heavy atom. The standard InChI is InChI=1S/C13H25N3O2S/c1-10(2)9-16(12(17)18-13(3,4)5)14-11-15(6)7-8-19-11/h10H,7-9H2,1-6H3/b14-11-. The van der Waals surface area contributed by atoms with Gasteiger partial charge in [-0.05, 0) is 26.7 Å². The lowest BCUT2D eigenvalue weighted by atomic mass is 10.2. The maximum absolute atomic E-state index is 12.2. The van der Waals surface area contributed by atoms with Crippen LogP contribution in [0, 0.1) is 5.92 Å². The molecular formula is C13H25N3O2S. The summed E-state index contributed by atoms with van der Waals surface area (Å²) >= 11 is 1.67. The number of carbonyl (C=O) groups is 1. The van der Waals surface area contributed by atoms with Crippen LogP contribution in [0.15, 0.2) is 5.10 Å². The molecule has 0 unspecified atom stereocenters. The fourth-order valence-electron chi connectivity index (χ4n) is 1.50. The first-order valence-electron chi connectivity index (χ1n) is 6.62. The summed E-state index contributed by atoms with van der Waals surface area (Å²) in [5.74, 6) is 1.35. The van der Waals surface area contributed by atoms with E-state index < -0.39 is 5.60 Å². The highest BCUT2D eigenvalue weighted by Crippen LogP contribution is 2.18. The molecule has 0 aromatic rings. The third-order valence-electron chi connectivity index (χ3n) is 2.33. The van der Waals surface area contributed by atoms with Gasteiger partial charge in [0.05, 0.1) is 6.54 Å². The number of hydrogen-bond donors (Lipinski definition) is 0. The highest BCUT2D eigenvalue weighted by Gasteiger charge is 2.25. The van der Waals surface area contributed by atoms with Gasteiger partial charge in [-0.15, -0.1) is 5.10 Å². The van der Waals surface area contributed by atoms with Crippen molar-refractivity contribution in [3.63, 3.8) is 0 Å². The van der Waals surface area contributed by atoms with Crippen LogP contribution in [-0.4, -0.2) is 52.7 Å². The smallest absolute Gasteiger partial charge is 0.430 e. The Morgan fingerprint density at radius 3 is 2.58 bits per heavy atom. The molecule has 0 aromatic carbocycles. The van der Waals surface area contributed by atoms with Crippen molar-refractivity contribution >= 4 is 23.0 Å². The van der Waals surface area contributed by atoms with E-state index in [1.165, 1.54) is 5.01 Å². The second-order valence-corrected chi connectivity index (χ2v) is 7.17. The van der Waals surface area contributed by atoms with Gasteiger partial charge >= 0.3 is 6.09 Å². The van der Waals surface area contributed by atoms with Crippen molar-refractivity contribution in [1.82, 2.24) is 9.91 Å². The van der Waals surface area contributed by atoms with Gasteiger partial charge in [0, 0.05) is 19.3 Å². The third-order valence-corrected chi connectivity index (χ3v) is 3.37. The number of ether oxygens (including phenoxy) is 1. The molecule has 0 atom stereocenters. The zero-order chi connectivity index (χ0) is 14.6. The topological polar surface area (TPSA) is 45.1 Å². The molecule has 0 aromatic heterocycles. The van der Waals surface area contributed by atoms with Gasteiger partial charge < -0.3 is 9.64 Å². The Morgan fingerprint density at radius 1 is 1.53 bits per heavy atom. The van der Waals surface area contributed by atoms with Crippen molar-refractivity contribution in [1.29, 1.82) is 0 Å². The molecule has 1 amide bonds. The van der Waals surface area contributed by atoms with Gasteiger partial charge in [-0.25, -0.2) is 4.79 Å². The van der Waals surface area contributed by atoms with Gasteiger partial charge in [0.15, 0.2) is 5.17 Å². The average molecular weight is 287 g/mol. The number of hydrazone groups is 1. The van der Waals surface area contributed by atoms with Crippen LogP contribution in [-0.2, 0) is 4.74 Å². The van der Waals surface area contributed by atoms with Crippen LogP contribution in [0.1, 0.15) is 34.6 Å². The van der Waals surface area contributed by atoms with Crippen LogP contribution in [0.4, 0.5) is 4.79 Å². The molecule has 1 aliphatic rings. The van der Waals surface area contributed by atoms with Crippen molar-refractivity contribution in [2.24, 2.45) is 11.0 Å². The maximum atomic E-state index is 12.2. The van der Waals surface area contributed by atoms with E-state index in [2.05, 4.69) is 23.8 Å². The number of rotatable bonds is 3. The molecule has 5 nitrogen and oxygen atoms in total. The monoisotopic (exact) mass is 287 g/mol. The zero-order valence-corrected chi connectivity index (χ0v) is 13.6. The molecule has 0 saturated carbocycles. The second kappa shape index (κ2) is 6.50. The van der Waals surface area contributed by atoms with Gasteiger partial charge in [0.2, 0.25) is 0 Å². The minimum absolute atomic E-state index is 0.341. The van der Waals surface area contributed by atoms with Crippen LogP contribution < -0.4 is 0 Å². The van der Waals surface area contributed by atoms with E-state index in [1.807, 2.05) is 27.8 Å². The van der Waals surface area contributed by atoms with Crippen molar-refractivity contribution in [2.75, 3.05) is 25.9 Å². The molecule has 0 spiro atoms. The Bertz CT molecular complexity index is 350. The molecule has 0 aliphatic carbocycles. The highest BCUT2D eigenvalue weighted by molar-refractivity contribution is 8.14. The van der Waals surface area contributed by atoms with Crippen LogP contribution in [0.25, 0.3) is 0 Å². The Kier molecular flexibility index (Phi) is 5.52. The SMILES string of the molecule is CC(C)CN(/N=C1\SCCN1C)C(=O)OC(C)(C)C. The van der Waals surface area contributed by atoms with Crippen LogP contribution in [0.5, 0.6) is 0 Å². The highest BCUT2D eigenvalue weighted by atomic mass is 32.2. The molecular weight excluding hydrogens is 262 g/mol. The van der Waals surface area contributed by atoms with E-state index in [0.29, 0.717) is 12.5 Å². The Hall–Kier alpha value is -0.910. The van der Waals surface area contributed by atoms with Gasteiger partial charge in [-0.1, -0.05) is 25.6 Å². The predicted molar refractivity (Wildman–Crippen MR) is 80.3 cm³/mol. The summed E-state index contributed by atoms with van der Waals surface area (Å²) in [4.78, 5) is 14.2. The van der Waals surface area contributed by atoms with E-state index in [9.17, 15) is 4.79 Å². The number of amides is 1. The summed E-state index contributed by atoms with van der Waals surface area (Å²) in [6.45, 7) is 11.2. The lowest BCUT2D eigenvalue weighted by molar-refractivity contribution is 0.0232. The first kappa shape index (κ1) is 16.1. The average Bonchev–Trinajstić information content (AvgIpc) is 2.60. The van der Waals surface area contributed by atoms with Gasteiger partial charge in [0.1, 0.15) is 5.60 Å². The molecule has 1 heterocycles. The van der Waals surface area contributed by atoms with Crippen molar-refractivity contribution in [3.8, 4) is 0 Å². The number of amidine groups is 1. The summed E-state index contributed by atoms with van der Waals surface area (Å²) in [6, 6.07) is 0. The first-order chi connectivity index (χ1) is 8.69. The number of carbonyl (C=O) groups excluding carboxylic acids is 1. The lowest BCUT2D eigenvalue weighted by Crippen LogP contribution is -2.37. The normalized spacial score (nSPS) is 18.3. The summed E-state index contributed by atoms with van der Waals surface area (Å²) in [5, 5.41) is 6.77. The number of hydrogen-bond acceptors (Lipinski definition) is 4. The first-order valence-corrected chi connectivity index (χ1v) is 7.60. The van der Waals surface area contributed by atoms with Crippen molar-refractivity contribution in [3.05, 3.63) is 0 Å². The van der Waals surface area contributed by atoms with Crippen molar-refractivity contribution < 1.29 is 9.53 Å². The molecule has 19 heavy (non-hydrogen) atoms. The van der Waals surface area contributed by atoms with Gasteiger partial charge in [-0.2, -0.15) is 5.01 Å². The fourth-order valence-corrected chi connectivity index (χ4v) is 2.52. The quantitative estimate of drug-likeness (QED) is 0.749. The molecule has 6 heteroatoms. The number of thioether (sulfide) groups is 1. The Labute approximate surface area is 120 Å². The third kappa shape index (κ3) is 5.72. The Balaban J connectivity index is 2.79. The summed E-state index contributed by atoms with van der Waals surface area (Å²) in [7, 11) is 1.99. The summed E-state index contributed by atoms with van der Waals surface area (Å²) < 4.78 is 5.40. The van der Waals surface area contributed by atoms with Gasteiger partial charge in [-0.3, -0.25) is 0 Å². The number of nitrogens with zero attached hydrogens (tertiary/aromatic N) is 3. The van der Waals surface area contributed by atoms with E-state index >= 15 is 0 Å². The lowest BCUT2D eigenvalue weighted by Gasteiger charge is -2.26. The second-order valence-electron chi connectivity index (χ2n) is 6.11. The molecule has 0 bridgehead atoms. The summed E-state index contributed by atoms with van der Waals surface area (Å²) in [6.07, 6.45) is -0.380. The maximum Gasteiger partial charge on any atom is 0.430 e. The van der Waals surface area contributed by atoms with E-state index in [4.69, 9.17) is 4.74 Å². The minimum Gasteiger partial charge on any atom is -0.442 e. The molecule has 1 aliphatic heterocycles. The largest absolute Gasteiger partial charge is 0.442 e. The van der Waals surface area contributed by atoms with Gasteiger partial charge in [0.25, 0.3) is 0 Å². The minimum atomic E-state index is -0.499.